The molecule has 0 radical (unpaired) electrons. The zero-order valence-electron chi connectivity index (χ0n) is 20.7. The van der Waals surface area contributed by atoms with Crippen LogP contribution in [0.1, 0.15) is 50.3 Å². The van der Waals surface area contributed by atoms with Crippen LogP contribution in [0.25, 0.3) is 0 Å². The van der Waals surface area contributed by atoms with Crippen molar-refractivity contribution in [2.24, 2.45) is 0 Å². The fraction of sp³-hybridized carbons (Fsp3) is 0.346. The first-order valence-corrected chi connectivity index (χ1v) is 14.4. The summed E-state index contributed by atoms with van der Waals surface area (Å²) in [6.07, 6.45) is 3.04. The highest BCUT2D eigenvalue weighted by atomic mass is 32.2. The Kier molecular flexibility index (Phi) is 8.31. The Morgan fingerprint density at radius 2 is 1.77 bits per heavy atom. The number of amides is 1. The van der Waals surface area contributed by atoms with E-state index in [0.717, 1.165) is 31.4 Å². The van der Waals surface area contributed by atoms with Crippen LogP contribution in [-0.4, -0.2) is 35.6 Å². The molecule has 1 atom stereocenters. The molecule has 1 amide bonds. The number of carboxylic acids is 1. The van der Waals surface area contributed by atoms with Gasteiger partial charge in [0.1, 0.15) is 11.5 Å². The molecule has 1 heterocycles. The van der Waals surface area contributed by atoms with Crippen LogP contribution in [0.4, 0.5) is 18.3 Å². The molecule has 208 valence electrons. The van der Waals surface area contributed by atoms with E-state index in [1.807, 2.05) is 0 Å². The van der Waals surface area contributed by atoms with Crippen LogP contribution in [0, 0.1) is 16.8 Å². The number of carboxylic acid groups (broad SMARTS) is 1. The normalized spacial score (nSPS) is 15.9. The van der Waals surface area contributed by atoms with Gasteiger partial charge in [-0.15, -0.1) is 0 Å². The number of aromatic nitrogens is 1. The summed E-state index contributed by atoms with van der Waals surface area (Å²) < 4.78 is 74.1. The van der Waals surface area contributed by atoms with Crippen molar-refractivity contribution in [1.82, 2.24) is 4.98 Å². The average Bonchev–Trinajstić information content (AvgIpc) is 3.23. The summed E-state index contributed by atoms with van der Waals surface area (Å²) >= 11 is 0.397. The molecule has 0 spiro atoms. The van der Waals surface area contributed by atoms with Crippen molar-refractivity contribution in [2.75, 3.05) is 5.32 Å². The number of aliphatic carboxylic acids is 1. The Bertz CT molecular complexity index is 1490. The lowest BCUT2D eigenvalue weighted by molar-refractivity contribution is -0.136. The van der Waals surface area contributed by atoms with E-state index in [-0.39, 0.29) is 21.3 Å². The standard InChI is InChI=1S/C26H25F3N2O6S2/c1-26(37-21-12-9-16(27)13-19(21)28,24(34)31-25-30-20(14-22(32)33)23(29)38-25)15-7-10-18(11-8-15)39(35,36)17-5-3-2-4-6-17/h7-13,17H,2-6,14H2,1H3,(H,32,33)(H,30,31,34). The first kappa shape index (κ1) is 28.6. The minimum atomic E-state index is -3.62. The summed E-state index contributed by atoms with van der Waals surface area (Å²) in [6, 6.07) is 7.88. The van der Waals surface area contributed by atoms with Gasteiger partial charge in [0.15, 0.2) is 26.5 Å². The number of hydrogen-bond acceptors (Lipinski definition) is 7. The summed E-state index contributed by atoms with van der Waals surface area (Å²) in [5.74, 6) is -4.68. The van der Waals surface area contributed by atoms with Gasteiger partial charge < -0.3 is 9.84 Å². The molecule has 0 saturated heterocycles. The third-order valence-electron chi connectivity index (χ3n) is 6.55. The van der Waals surface area contributed by atoms with Crippen molar-refractivity contribution < 1.29 is 41.0 Å². The van der Waals surface area contributed by atoms with Gasteiger partial charge in [0.2, 0.25) is 10.7 Å². The lowest BCUT2D eigenvalue weighted by Crippen LogP contribution is -2.43. The van der Waals surface area contributed by atoms with Crippen molar-refractivity contribution in [1.29, 1.82) is 0 Å². The number of sulfone groups is 1. The molecule has 4 rings (SSSR count). The van der Waals surface area contributed by atoms with Crippen LogP contribution in [-0.2, 0) is 31.4 Å². The van der Waals surface area contributed by atoms with Gasteiger partial charge in [-0.3, -0.25) is 14.9 Å². The highest BCUT2D eigenvalue weighted by Gasteiger charge is 2.40. The lowest BCUT2D eigenvalue weighted by atomic mass is 9.94. The smallest absolute Gasteiger partial charge is 0.309 e. The molecule has 0 bridgehead atoms. The fourth-order valence-corrected chi connectivity index (χ4v) is 6.96. The van der Waals surface area contributed by atoms with Crippen molar-refractivity contribution in [3.63, 3.8) is 0 Å². The topological polar surface area (TPSA) is 123 Å². The maximum absolute atomic E-state index is 14.5. The quantitative estimate of drug-likeness (QED) is 0.354. The molecular formula is C26H25F3N2O6S2. The lowest BCUT2D eigenvalue weighted by Gasteiger charge is -2.30. The van der Waals surface area contributed by atoms with E-state index in [1.165, 1.54) is 31.2 Å². The number of nitrogens with one attached hydrogen (secondary N) is 1. The van der Waals surface area contributed by atoms with E-state index in [0.29, 0.717) is 30.2 Å². The second-order valence-electron chi connectivity index (χ2n) is 9.30. The molecule has 1 aromatic heterocycles. The Labute approximate surface area is 226 Å². The predicted molar refractivity (Wildman–Crippen MR) is 137 cm³/mol. The van der Waals surface area contributed by atoms with Gasteiger partial charge in [-0.05, 0) is 44.0 Å². The van der Waals surface area contributed by atoms with Crippen LogP contribution in [0.3, 0.4) is 0 Å². The summed E-state index contributed by atoms with van der Waals surface area (Å²) in [5, 5.41) is 9.60. The Hall–Kier alpha value is -3.45. The third kappa shape index (κ3) is 6.25. The number of hydrogen-bond donors (Lipinski definition) is 2. The first-order chi connectivity index (χ1) is 18.4. The van der Waals surface area contributed by atoms with E-state index in [9.17, 15) is 31.2 Å². The second-order valence-corrected chi connectivity index (χ2v) is 12.5. The highest BCUT2D eigenvalue weighted by Crippen LogP contribution is 2.34. The van der Waals surface area contributed by atoms with Crippen LogP contribution < -0.4 is 10.1 Å². The number of ether oxygens (including phenoxy) is 1. The monoisotopic (exact) mass is 582 g/mol. The molecule has 8 nitrogen and oxygen atoms in total. The van der Waals surface area contributed by atoms with Crippen LogP contribution >= 0.6 is 11.3 Å². The molecule has 1 aliphatic carbocycles. The zero-order chi connectivity index (χ0) is 28.4. The Morgan fingerprint density at radius 3 is 2.38 bits per heavy atom. The number of carbonyl (C=O) groups excluding carboxylic acids is 1. The average molecular weight is 583 g/mol. The number of benzene rings is 2. The van der Waals surface area contributed by atoms with Crippen LogP contribution in [0.5, 0.6) is 5.75 Å². The molecule has 0 aliphatic heterocycles. The summed E-state index contributed by atoms with van der Waals surface area (Å²) in [4.78, 5) is 28.3. The first-order valence-electron chi connectivity index (χ1n) is 12.1. The molecule has 3 aromatic rings. The van der Waals surface area contributed by atoms with Gasteiger partial charge in [-0.1, -0.05) is 42.7 Å². The minimum absolute atomic E-state index is 0.0641. The molecule has 1 saturated carbocycles. The van der Waals surface area contributed by atoms with E-state index in [1.54, 1.807) is 0 Å². The van der Waals surface area contributed by atoms with Crippen molar-refractivity contribution in [2.45, 2.75) is 61.2 Å². The third-order valence-corrected chi connectivity index (χ3v) is 9.63. The van der Waals surface area contributed by atoms with Gasteiger partial charge in [-0.25, -0.2) is 22.2 Å². The number of anilines is 1. The zero-order valence-corrected chi connectivity index (χ0v) is 22.4. The van der Waals surface area contributed by atoms with Crippen molar-refractivity contribution in [3.05, 3.63) is 70.5 Å². The maximum Gasteiger partial charge on any atom is 0.309 e. The molecule has 2 N–H and O–H groups in total. The van der Waals surface area contributed by atoms with Gasteiger partial charge in [0, 0.05) is 11.6 Å². The van der Waals surface area contributed by atoms with E-state index < -0.39 is 61.5 Å². The summed E-state index contributed by atoms with van der Waals surface area (Å²) in [6.45, 7) is 1.28. The Morgan fingerprint density at radius 1 is 1.10 bits per heavy atom. The van der Waals surface area contributed by atoms with Gasteiger partial charge >= 0.3 is 5.97 Å². The molecule has 1 fully saturated rings. The fourth-order valence-electron chi connectivity index (χ4n) is 4.40. The minimum Gasteiger partial charge on any atom is -0.481 e. The van der Waals surface area contributed by atoms with Crippen LogP contribution in [0.2, 0.25) is 0 Å². The number of nitrogens with zero attached hydrogens (tertiary/aromatic N) is 1. The van der Waals surface area contributed by atoms with Gasteiger partial charge in [0.25, 0.3) is 5.91 Å². The van der Waals surface area contributed by atoms with E-state index in [4.69, 9.17) is 9.84 Å². The molecule has 2 aromatic carbocycles. The molecular weight excluding hydrogens is 557 g/mol. The Balaban J connectivity index is 1.68. The number of rotatable bonds is 9. The summed E-state index contributed by atoms with van der Waals surface area (Å²) in [7, 11) is -3.62. The second kappa shape index (κ2) is 11.3. The summed E-state index contributed by atoms with van der Waals surface area (Å²) in [5.41, 5.74) is -2.29. The van der Waals surface area contributed by atoms with Gasteiger partial charge in [0.05, 0.1) is 16.6 Å². The van der Waals surface area contributed by atoms with Crippen molar-refractivity contribution in [3.8, 4) is 5.75 Å². The number of halogens is 3. The van der Waals surface area contributed by atoms with Crippen molar-refractivity contribution >= 4 is 38.2 Å². The largest absolute Gasteiger partial charge is 0.481 e. The van der Waals surface area contributed by atoms with Gasteiger partial charge in [-0.2, -0.15) is 4.39 Å². The maximum atomic E-state index is 14.5. The molecule has 39 heavy (non-hydrogen) atoms. The predicted octanol–water partition coefficient (Wildman–Crippen LogP) is 5.23. The van der Waals surface area contributed by atoms with Crippen LogP contribution in [0.15, 0.2) is 47.4 Å². The van der Waals surface area contributed by atoms with E-state index >= 15 is 0 Å². The molecule has 1 unspecified atom stereocenters. The molecule has 1 aliphatic rings. The van der Waals surface area contributed by atoms with E-state index in [2.05, 4.69) is 10.3 Å². The number of thiazole rings is 1. The highest BCUT2D eigenvalue weighted by molar-refractivity contribution is 7.92. The SMILES string of the molecule is CC(Oc1ccc(F)cc1F)(C(=O)Nc1nc(CC(=O)O)c(F)s1)c1ccc(S(=O)(=O)C2CCCCC2)cc1. The number of carbonyl (C=O) groups is 2. The molecule has 13 heteroatoms.